The van der Waals surface area contributed by atoms with Gasteiger partial charge in [0.05, 0.1) is 28.1 Å². The molecule has 5 aromatic rings. The van der Waals surface area contributed by atoms with Gasteiger partial charge in [-0.25, -0.2) is 14.4 Å². The molecular formula is C21H13FN4O2S2. The Morgan fingerprint density at radius 3 is 2.80 bits per heavy atom. The first-order valence-corrected chi connectivity index (χ1v) is 10.7. The Morgan fingerprint density at radius 2 is 2.00 bits per heavy atom. The predicted molar refractivity (Wildman–Crippen MR) is 118 cm³/mol. The first-order valence-electron chi connectivity index (χ1n) is 8.97. The summed E-state index contributed by atoms with van der Waals surface area (Å²) in [6.45, 7) is -0.266. The molecule has 4 aromatic heterocycles. The summed E-state index contributed by atoms with van der Waals surface area (Å²) >= 11 is 2.85. The molecule has 5 rings (SSSR count). The van der Waals surface area contributed by atoms with Gasteiger partial charge in [0.1, 0.15) is 21.9 Å². The number of hydrogen-bond donors (Lipinski definition) is 1. The van der Waals surface area contributed by atoms with Crippen LogP contribution in [0.15, 0.2) is 65.0 Å². The number of para-hydroxylation sites is 1. The minimum absolute atomic E-state index is 0.0664. The number of carbonyl (C=O) groups is 1. The van der Waals surface area contributed by atoms with E-state index in [1.165, 1.54) is 40.4 Å². The fraction of sp³-hybridized carbons (Fsp3) is 0.0476. The molecule has 0 radical (unpaired) electrons. The molecule has 0 fully saturated rings. The van der Waals surface area contributed by atoms with Crippen molar-refractivity contribution in [3.63, 3.8) is 0 Å². The van der Waals surface area contributed by atoms with E-state index in [4.69, 9.17) is 0 Å². The highest BCUT2D eigenvalue weighted by Gasteiger charge is 2.15. The molecule has 0 aliphatic carbocycles. The van der Waals surface area contributed by atoms with E-state index in [2.05, 4.69) is 15.3 Å². The summed E-state index contributed by atoms with van der Waals surface area (Å²) in [4.78, 5) is 36.0. The van der Waals surface area contributed by atoms with Gasteiger partial charge in [-0.15, -0.1) is 22.7 Å². The molecule has 0 aliphatic heterocycles. The molecule has 0 bridgehead atoms. The lowest BCUT2D eigenvalue weighted by Crippen LogP contribution is -2.27. The Bertz CT molecular complexity index is 1460. The van der Waals surface area contributed by atoms with Crippen molar-refractivity contribution in [2.75, 3.05) is 5.32 Å². The third-order valence-corrected chi connectivity index (χ3v) is 6.52. The van der Waals surface area contributed by atoms with Crippen LogP contribution in [0.4, 0.5) is 10.1 Å². The van der Waals surface area contributed by atoms with Crippen LogP contribution in [0.2, 0.25) is 0 Å². The zero-order valence-electron chi connectivity index (χ0n) is 15.3. The van der Waals surface area contributed by atoms with E-state index >= 15 is 0 Å². The van der Waals surface area contributed by atoms with Crippen molar-refractivity contribution in [1.29, 1.82) is 0 Å². The number of thiophene rings is 2. The number of pyridine rings is 1. The van der Waals surface area contributed by atoms with E-state index in [9.17, 15) is 14.0 Å². The standard InChI is InChI=1S/C21H13FN4O2S2/c22-13-4-1-2-5-14(13)24-17(27)10-26-11-23-18-12-7-8-15(16-6-3-9-29-16)25-20(12)30-19(18)21(26)28/h1-9,11H,10H2,(H,24,27). The molecule has 4 heterocycles. The van der Waals surface area contributed by atoms with Crippen molar-refractivity contribution >= 4 is 54.7 Å². The van der Waals surface area contributed by atoms with Gasteiger partial charge in [0, 0.05) is 5.39 Å². The first-order chi connectivity index (χ1) is 14.6. The molecule has 9 heteroatoms. The minimum atomic E-state index is -0.538. The Balaban J connectivity index is 1.49. The summed E-state index contributed by atoms with van der Waals surface area (Å²) < 4.78 is 15.4. The van der Waals surface area contributed by atoms with Crippen molar-refractivity contribution < 1.29 is 9.18 Å². The predicted octanol–water partition coefficient (Wildman–Crippen LogP) is 4.51. The molecule has 0 spiro atoms. The summed E-state index contributed by atoms with van der Waals surface area (Å²) in [7, 11) is 0. The number of halogens is 1. The number of anilines is 1. The zero-order valence-corrected chi connectivity index (χ0v) is 17.0. The maximum atomic E-state index is 13.7. The van der Waals surface area contributed by atoms with Gasteiger partial charge >= 0.3 is 0 Å². The van der Waals surface area contributed by atoms with Crippen LogP contribution in [-0.2, 0) is 11.3 Å². The van der Waals surface area contributed by atoms with Gasteiger partial charge in [0.2, 0.25) is 5.91 Å². The van der Waals surface area contributed by atoms with Crippen LogP contribution in [0.5, 0.6) is 0 Å². The minimum Gasteiger partial charge on any atom is -0.322 e. The van der Waals surface area contributed by atoms with Crippen molar-refractivity contribution in [3.8, 4) is 10.6 Å². The molecular weight excluding hydrogens is 423 g/mol. The molecule has 1 amide bonds. The third-order valence-electron chi connectivity index (χ3n) is 4.55. The van der Waals surface area contributed by atoms with Crippen molar-refractivity contribution in [1.82, 2.24) is 14.5 Å². The lowest BCUT2D eigenvalue weighted by atomic mass is 10.2. The van der Waals surface area contributed by atoms with Gasteiger partial charge in [-0.3, -0.25) is 14.2 Å². The van der Waals surface area contributed by atoms with Gasteiger partial charge in [-0.05, 0) is 35.7 Å². The molecule has 30 heavy (non-hydrogen) atoms. The second kappa shape index (κ2) is 7.43. The van der Waals surface area contributed by atoms with E-state index in [1.54, 1.807) is 17.4 Å². The number of aromatic nitrogens is 3. The number of hydrogen-bond acceptors (Lipinski definition) is 6. The van der Waals surface area contributed by atoms with Crippen LogP contribution < -0.4 is 10.9 Å². The highest BCUT2D eigenvalue weighted by molar-refractivity contribution is 7.25. The van der Waals surface area contributed by atoms with Gasteiger partial charge in [0.15, 0.2) is 0 Å². The monoisotopic (exact) mass is 436 g/mol. The molecule has 148 valence electrons. The van der Waals surface area contributed by atoms with E-state index in [-0.39, 0.29) is 17.8 Å². The average molecular weight is 436 g/mol. The zero-order chi connectivity index (χ0) is 20.7. The number of rotatable bonds is 4. The largest absolute Gasteiger partial charge is 0.322 e. The maximum Gasteiger partial charge on any atom is 0.271 e. The Morgan fingerprint density at radius 1 is 1.13 bits per heavy atom. The summed E-state index contributed by atoms with van der Waals surface area (Å²) in [5, 5.41) is 5.26. The maximum absolute atomic E-state index is 13.7. The highest BCUT2D eigenvalue weighted by atomic mass is 32.1. The number of fused-ring (bicyclic) bond motifs is 3. The molecule has 1 N–H and O–H groups in total. The van der Waals surface area contributed by atoms with E-state index < -0.39 is 11.7 Å². The van der Waals surface area contributed by atoms with Crippen LogP contribution in [0, 0.1) is 5.82 Å². The van der Waals surface area contributed by atoms with Gasteiger partial charge < -0.3 is 5.32 Å². The topological polar surface area (TPSA) is 76.9 Å². The van der Waals surface area contributed by atoms with E-state index in [0.29, 0.717) is 15.0 Å². The van der Waals surface area contributed by atoms with Crippen LogP contribution >= 0.6 is 22.7 Å². The second-order valence-corrected chi connectivity index (χ2v) is 8.46. The Labute approximate surface area is 177 Å². The van der Waals surface area contributed by atoms with Crippen LogP contribution in [-0.4, -0.2) is 20.4 Å². The molecule has 0 saturated heterocycles. The van der Waals surface area contributed by atoms with Gasteiger partial charge in [-0.2, -0.15) is 0 Å². The number of nitrogens with zero attached hydrogens (tertiary/aromatic N) is 3. The highest BCUT2D eigenvalue weighted by Crippen LogP contribution is 2.32. The number of nitrogens with one attached hydrogen (secondary N) is 1. The Kier molecular flexibility index (Phi) is 4.61. The molecule has 0 unspecified atom stereocenters. The van der Waals surface area contributed by atoms with Crippen LogP contribution in [0.1, 0.15) is 0 Å². The number of amides is 1. The molecule has 0 saturated carbocycles. The molecule has 0 atom stereocenters. The summed E-state index contributed by atoms with van der Waals surface area (Å²) in [5.74, 6) is -1.05. The van der Waals surface area contributed by atoms with E-state index in [1.807, 2.05) is 29.6 Å². The van der Waals surface area contributed by atoms with Crippen molar-refractivity contribution in [3.05, 3.63) is 76.4 Å². The van der Waals surface area contributed by atoms with Crippen molar-refractivity contribution in [2.45, 2.75) is 6.54 Å². The smallest absolute Gasteiger partial charge is 0.271 e. The van der Waals surface area contributed by atoms with Crippen LogP contribution in [0.25, 0.3) is 31.0 Å². The normalized spacial score (nSPS) is 11.2. The van der Waals surface area contributed by atoms with Gasteiger partial charge in [0.25, 0.3) is 5.56 Å². The summed E-state index contributed by atoms with van der Waals surface area (Å²) in [6.07, 6.45) is 1.34. The lowest BCUT2D eigenvalue weighted by Gasteiger charge is -2.07. The molecule has 1 aromatic carbocycles. The summed E-state index contributed by atoms with van der Waals surface area (Å²) in [6, 6.07) is 13.6. The SMILES string of the molecule is O=C(Cn1cnc2c(sc3nc(-c4cccs4)ccc32)c1=O)Nc1ccccc1F. The van der Waals surface area contributed by atoms with Crippen LogP contribution in [0.3, 0.4) is 0 Å². The van der Waals surface area contributed by atoms with Gasteiger partial charge in [-0.1, -0.05) is 18.2 Å². The number of benzene rings is 1. The fourth-order valence-electron chi connectivity index (χ4n) is 3.13. The molecule has 6 nitrogen and oxygen atoms in total. The number of carbonyl (C=O) groups excluding carboxylic acids is 1. The quantitative estimate of drug-likeness (QED) is 0.450. The lowest BCUT2D eigenvalue weighted by molar-refractivity contribution is -0.116. The molecule has 0 aliphatic rings. The average Bonchev–Trinajstić information content (AvgIpc) is 3.40. The van der Waals surface area contributed by atoms with Crippen molar-refractivity contribution in [2.24, 2.45) is 0 Å². The van der Waals surface area contributed by atoms with E-state index in [0.717, 1.165) is 16.0 Å². The first kappa shape index (κ1) is 18.6. The summed E-state index contributed by atoms with van der Waals surface area (Å²) in [5.41, 5.74) is 1.14. The second-order valence-electron chi connectivity index (χ2n) is 6.51. The third kappa shape index (κ3) is 3.27. The Hall–Kier alpha value is -3.43. The fourth-order valence-corrected chi connectivity index (χ4v) is 4.90.